The maximum absolute atomic E-state index is 12.3. The van der Waals surface area contributed by atoms with E-state index in [0.717, 1.165) is 10.5 Å². The number of nitrogen functional groups attached to an aromatic ring is 1. The molecule has 0 radical (unpaired) electrons. The van der Waals surface area contributed by atoms with Gasteiger partial charge in [0.2, 0.25) is 5.91 Å². The van der Waals surface area contributed by atoms with Crippen molar-refractivity contribution in [3.05, 3.63) is 59.7 Å². The van der Waals surface area contributed by atoms with Gasteiger partial charge in [-0.3, -0.25) is 9.79 Å². The van der Waals surface area contributed by atoms with Crippen molar-refractivity contribution in [3.8, 4) is 0 Å². The van der Waals surface area contributed by atoms with Crippen LogP contribution in [-0.4, -0.2) is 25.1 Å². The summed E-state index contributed by atoms with van der Waals surface area (Å²) in [5.74, 6) is -0.568. The first kappa shape index (κ1) is 9.31. The first-order valence-electron chi connectivity index (χ1n) is 7.71. The lowest BCUT2D eigenvalue weighted by atomic mass is 10.00. The molecular weight excluding hydrogens is 250 g/mol. The van der Waals surface area contributed by atoms with Crippen molar-refractivity contribution in [2.75, 3.05) is 24.2 Å². The molecule has 2 aromatic carbocycles. The van der Waals surface area contributed by atoms with Gasteiger partial charge in [-0.05, 0) is 18.2 Å². The zero-order valence-electron chi connectivity index (χ0n) is 13.7. The van der Waals surface area contributed by atoms with Crippen molar-refractivity contribution >= 4 is 23.0 Å². The smallest absolute Gasteiger partial charge is 0.248 e. The Morgan fingerprint density at radius 2 is 2.05 bits per heavy atom. The van der Waals surface area contributed by atoms with Gasteiger partial charge in [-0.1, -0.05) is 30.3 Å². The number of nitrogens with zero attached hydrogens (tertiary/aromatic N) is 2. The van der Waals surface area contributed by atoms with Crippen molar-refractivity contribution in [2.45, 2.75) is 0 Å². The molecule has 0 atom stereocenters. The number of nitrogens with two attached hydrogens (primary N) is 1. The quantitative estimate of drug-likeness (QED) is 0.805. The van der Waals surface area contributed by atoms with Gasteiger partial charge in [0.15, 0.2) is 0 Å². The zero-order chi connectivity index (χ0) is 16.6. The van der Waals surface area contributed by atoms with Crippen molar-refractivity contribution in [1.82, 2.24) is 0 Å². The third-order valence-electron chi connectivity index (χ3n) is 3.19. The Kier molecular flexibility index (Phi) is 2.24. The van der Waals surface area contributed by atoms with Gasteiger partial charge in [0.1, 0.15) is 6.54 Å². The highest BCUT2D eigenvalue weighted by molar-refractivity contribution is 6.19. The number of anilines is 2. The van der Waals surface area contributed by atoms with Crippen LogP contribution in [0.15, 0.2) is 53.5 Å². The molecule has 0 saturated heterocycles. The first-order valence-corrected chi connectivity index (χ1v) is 6.21. The molecule has 0 aromatic heterocycles. The minimum Gasteiger partial charge on any atom is -0.399 e. The van der Waals surface area contributed by atoms with Crippen LogP contribution in [0.25, 0.3) is 0 Å². The predicted molar refractivity (Wildman–Crippen MR) is 81.2 cm³/mol. The molecule has 100 valence electrons. The molecule has 0 unspecified atom stereocenters. The zero-order valence-corrected chi connectivity index (χ0v) is 10.7. The maximum atomic E-state index is 12.3. The highest BCUT2D eigenvalue weighted by Crippen LogP contribution is 2.27. The van der Waals surface area contributed by atoms with E-state index in [1.165, 1.54) is 0 Å². The Morgan fingerprint density at radius 1 is 1.25 bits per heavy atom. The topological polar surface area (TPSA) is 58.7 Å². The van der Waals surface area contributed by atoms with Crippen molar-refractivity contribution in [3.63, 3.8) is 0 Å². The molecule has 0 saturated carbocycles. The number of benzodiazepines with no additional fused rings is 1. The summed E-state index contributed by atoms with van der Waals surface area (Å²) in [5, 5.41) is 0. The lowest BCUT2D eigenvalue weighted by Gasteiger charge is -2.18. The molecular formula is C16H15N3O. The van der Waals surface area contributed by atoms with Gasteiger partial charge in [0.25, 0.3) is 0 Å². The number of hydrogen-bond acceptors (Lipinski definition) is 3. The number of fused-ring (bicyclic) bond motifs is 1. The summed E-state index contributed by atoms with van der Waals surface area (Å²) in [4.78, 5) is 17.5. The Labute approximate surface area is 121 Å². The Balaban J connectivity index is 2.25. The SMILES string of the molecule is [2H]C([2H])([2H])N1C(=O)CN=C(c2ccccc2)c2cc(N)ccc21. The number of carbonyl (C=O) groups excluding carboxylic acids is 1. The fourth-order valence-electron chi connectivity index (χ4n) is 2.22. The molecule has 1 heterocycles. The van der Waals surface area contributed by atoms with E-state index in [1.807, 2.05) is 30.3 Å². The molecule has 3 rings (SSSR count). The Hall–Kier alpha value is -2.62. The standard InChI is InChI=1S/C16H15N3O/c1-19-14-8-7-12(17)9-13(14)16(18-10-15(19)20)11-5-3-2-4-6-11/h2-9H,10,17H2,1H3/i1D3. The lowest BCUT2D eigenvalue weighted by Crippen LogP contribution is -2.27. The minimum atomic E-state index is -2.58. The molecule has 0 spiro atoms. The minimum absolute atomic E-state index is 0.225. The summed E-state index contributed by atoms with van der Waals surface area (Å²) in [6.45, 7) is -2.80. The molecule has 0 aliphatic carbocycles. The van der Waals surface area contributed by atoms with E-state index in [2.05, 4.69) is 4.99 Å². The summed E-state index contributed by atoms with van der Waals surface area (Å²) >= 11 is 0. The summed E-state index contributed by atoms with van der Waals surface area (Å²) in [7, 11) is 0. The second-order valence-electron chi connectivity index (χ2n) is 4.54. The summed E-state index contributed by atoms with van der Waals surface area (Å²) in [5.41, 5.74) is 8.55. The third kappa shape index (κ3) is 2.05. The average Bonchev–Trinajstić information content (AvgIpc) is 2.63. The number of likely N-dealkylation sites (N-methyl/N-ethyl adjacent to an activating group) is 1. The van der Waals surface area contributed by atoms with Crippen LogP contribution in [0.3, 0.4) is 0 Å². The van der Waals surface area contributed by atoms with Crippen LogP contribution >= 0.6 is 0 Å². The second-order valence-corrected chi connectivity index (χ2v) is 4.54. The normalized spacial score (nSPS) is 17.4. The van der Waals surface area contributed by atoms with Gasteiger partial charge in [-0.15, -0.1) is 0 Å². The molecule has 4 heteroatoms. The molecule has 0 fully saturated rings. The van der Waals surface area contributed by atoms with Crippen molar-refractivity contribution in [1.29, 1.82) is 0 Å². The number of benzene rings is 2. The summed E-state index contributed by atoms with van der Waals surface area (Å²) < 4.78 is 23.0. The van der Waals surface area contributed by atoms with E-state index in [-0.39, 0.29) is 6.54 Å². The second kappa shape index (κ2) is 4.81. The van der Waals surface area contributed by atoms with Crippen molar-refractivity contribution in [2.24, 2.45) is 4.99 Å². The lowest BCUT2D eigenvalue weighted by molar-refractivity contribution is -0.116. The molecule has 1 amide bonds. The Bertz CT molecular complexity index is 785. The van der Waals surface area contributed by atoms with Crippen LogP contribution in [0, 0.1) is 0 Å². The number of hydrogen-bond donors (Lipinski definition) is 1. The fraction of sp³-hybridized carbons (Fsp3) is 0.125. The van der Waals surface area contributed by atoms with Crippen LogP contribution in [-0.2, 0) is 4.79 Å². The van der Waals surface area contributed by atoms with E-state index >= 15 is 0 Å². The Morgan fingerprint density at radius 3 is 2.80 bits per heavy atom. The monoisotopic (exact) mass is 268 g/mol. The number of rotatable bonds is 1. The van der Waals surface area contributed by atoms with Gasteiger partial charge >= 0.3 is 0 Å². The molecule has 0 bridgehead atoms. The molecule has 1 aliphatic rings. The van der Waals surface area contributed by atoms with E-state index < -0.39 is 12.9 Å². The summed E-state index contributed by atoms with van der Waals surface area (Å²) in [6, 6.07) is 14.1. The van der Waals surface area contributed by atoms with Gasteiger partial charge in [0, 0.05) is 27.9 Å². The number of carbonyl (C=O) groups is 1. The van der Waals surface area contributed by atoms with Gasteiger partial charge in [-0.25, -0.2) is 0 Å². The van der Waals surface area contributed by atoms with Crippen LogP contribution < -0.4 is 10.6 Å². The number of aliphatic imine (C=N–C) groups is 1. The van der Waals surface area contributed by atoms with Gasteiger partial charge < -0.3 is 10.6 Å². The van der Waals surface area contributed by atoms with Crippen LogP contribution in [0.4, 0.5) is 11.4 Å². The molecule has 1 aliphatic heterocycles. The molecule has 4 nitrogen and oxygen atoms in total. The summed E-state index contributed by atoms with van der Waals surface area (Å²) in [6.07, 6.45) is 0. The predicted octanol–water partition coefficient (Wildman–Crippen LogP) is 2.08. The van der Waals surface area contributed by atoms with Gasteiger partial charge in [0.05, 0.1) is 11.4 Å². The van der Waals surface area contributed by atoms with E-state index in [4.69, 9.17) is 9.85 Å². The van der Waals surface area contributed by atoms with Crippen LogP contribution in [0.1, 0.15) is 15.2 Å². The largest absolute Gasteiger partial charge is 0.399 e. The molecule has 2 N–H and O–H groups in total. The van der Waals surface area contributed by atoms with Crippen molar-refractivity contribution < 1.29 is 8.91 Å². The van der Waals surface area contributed by atoms with Crippen LogP contribution in [0.2, 0.25) is 0 Å². The van der Waals surface area contributed by atoms with E-state index in [9.17, 15) is 4.79 Å². The average molecular weight is 268 g/mol. The van der Waals surface area contributed by atoms with E-state index in [0.29, 0.717) is 22.6 Å². The molecule has 2 aromatic rings. The first-order chi connectivity index (χ1) is 10.9. The highest BCUT2D eigenvalue weighted by Gasteiger charge is 2.22. The number of amides is 1. The molecule has 20 heavy (non-hydrogen) atoms. The fourth-order valence-corrected chi connectivity index (χ4v) is 2.22. The highest BCUT2D eigenvalue weighted by atomic mass is 16.2. The van der Waals surface area contributed by atoms with E-state index in [1.54, 1.807) is 18.2 Å². The van der Waals surface area contributed by atoms with Gasteiger partial charge in [-0.2, -0.15) is 0 Å². The maximum Gasteiger partial charge on any atom is 0.248 e. The third-order valence-corrected chi connectivity index (χ3v) is 3.19. The van der Waals surface area contributed by atoms with Crippen LogP contribution in [0.5, 0.6) is 0 Å².